The van der Waals surface area contributed by atoms with Gasteiger partial charge in [0.15, 0.2) is 0 Å². The van der Waals surface area contributed by atoms with Crippen LogP contribution in [0.25, 0.3) is 11.3 Å². The highest BCUT2D eigenvalue weighted by atomic mass is 79.9. The molecule has 0 aliphatic carbocycles. The molecular formula is C19H16BrN3O2S. The highest BCUT2D eigenvalue weighted by Crippen LogP contribution is 2.23. The quantitative estimate of drug-likeness (QED) is 0.577. The molecule has 0 atom stereocenters. The van der Waals surface area contributed by atoms with Crippen LogP contribution in [0.1, 0.15) is 0 Å². The molecule has 3 rings (SSSR count). The first-order valence-corrected chi connectivity index (χ1v) is 9.58. The summed E-state index contributed by atoms with van der Waals surface area (Å²) in [5, 5.41) is 12.0. The van der Waals surface area contributed by atoms with E-state index < -0.39 is 0 Å². The fourth-order valence-corrected chi connectivity index (χ4v) is 3.08. The van der Waals surface area contributed by atoms with Crippen LogP contribution < -0.4 is 10.1 Å². The second-order valence-corrected chi connectivity index (χ2v) is 7.24. The predicted octanol–water partition coefficient (Wildman–Crippen LogP) is 4.65. The molecule has 5 nitrogen and oxygen atoms in total. The summed E-state index contributed by atoms with van der Waals surface area (Å²) in [6, 6.07) is 18.8. The number of rotatable bonds is 6. The van der Waals surface area contributed by atoms with Crippen molar-refractivity contribution in [1.29, 1.82) is 0 Å². The van der Waals surface area contributed by atoms with Crippen molar-refractivity contribution >= 4 is 39.3 Å². The first-order valence-electron chi connectivity index (χ1n) is 7.80. The van der Waals surface area contributed by atoms with E-state index in [1.165, 1.54) is 11.8 Å². The third-order valence-electron chi connectivity index (χ3n) is 3.48. The van der Waals surface area contributed by atoms with Crippen molar-refractivity contribution in [3.63, 3.8) is 0 Å². The molecule has 1 aromatic heterocycles. The highest BCUT2D eigenvalue weighted by molar-refractivity contribution is 9.10. The molecule has 3 aromatic rings. The van der Waals surface area contributed by atoms with Crippen LogP contribution in [0.2, 0.25) is 0 Å². The van der Waals surface area contributed by atoms with Gasteiger partial charge in [-0.25, -0.2) is 0 Å². The lowest BCUT2D eigenvalue weighted by Crippen LogP contribution is -2.14. The minimum absolute atomic E-state index is 0.0870. The van der Waals surface area contributed by atoms with E-state index in [4.69, 9.17) is 4.74 Å². The monoisotopic (exact) mass is 429 g/mol. The molecule has 2 aromatic carbocycles. The summed E-state index contributed by atoms with van der Waals surface area (Å²) in [4.78, 5) is 12.0. The number of thioether (sulfide) groups is 1. The van der Waals surface area contributed by atoms with Crippen LogP contribution in [0, 0.1) is 0 Å². The van der Waals surface area contributed by atoms with Crippen LogP contribution in [0.4, 0.5) is 5.69 Å². The van der Waals surface area contributed by atoms with Gasteiger partial charge in [0.25, 0.3) is 0 Å². The Morgan fingerprint density at radius 2 is 1.92 bits per heavy atom. The van der Waals surface area contributed by atoms with Crippen LogP contribution in [0.5, 0.6) is 5.75 Å². The van der Waals surface area contributed by atoms with Gasteiger partial charge in [0.2, 0.25) is 5.91 Å². The van der Waals surface area contributed by atoms with E-state index in [2.05, 4.69) is 31.4 Å². The summed E-state index contributed by atoms with van der Waals surface area (Å²) in [6.07, 6.45) is 0. The normalized spacial score (nSPS) is 10.4. The summed E-state index contributed by atoms with van der Waals surface area (Å²) < 4.78 is 6.19. The van der Waals surface area contributed by atoms with Gasteiger partial charge >= 0.3 is 0 Å². The van der Waals surface area contributed by atoms with Gasteiger partial charge in [-0.15, -0.1) is 10.2 Å². The zero-order valence-corrected chi connectivity index (χ0v) is 16.4. The Kier molecular flexibility index (Phi) is 6.25. The highest BCUT2D eigenvalue weighted by Gasteiger charge is 2.07. The average molecular weight is 430 g/mol. The van der Waals surface area contributed by atoms with Gasteiger partial charge < -0.3 is 10.1 Å². The molecule has 0 aliphatic rings. The molecule has 0 radical (unpaired) electrons. The Morgan fingerprint density at radius 3 is 2.62 bits per heavy atom. The Labute approximate surface area is 164 Å². The lowest BCUT2D eigenvalue weighted by Gasteiger charge is -2.06. The number of hydrogen-bond acceptors (Lipinski definition) is 5. The van der Waals surface area contributed by atoms with Crippen molar-refractivity contribution in [2.45, 2.75) is 5.03 Å². The zero-order valence-electron chi connectivity index (χ0n) is 14.0. The summed E-state index contributed by atoms with van der Waals surface area (Å²) in [5.41, 5.74) is 2.45. The van der Waals surface area contributed by atoms with Crippen LogP contribution in [0.3, 0.4) is 0 Å². The van der Waals surface area contributed by atoms with E-state index in [1.54, 1.807) is 7.11 Å². The van der Waals surface area contributed by atoms with Gasteiger partial charge in [-0.3, -0.25) is 4.79 Å². The van der Waals surface area contributed by atoms with E-state index in [-0.39, 0.29) is 11.7 Å². The van der Waals surface area contributed by atoms with Crippen molar-refractivity contribution in [2.75, 3.05) is 18.2 Å². The van der Waals surface area contributed by atoms with Crippen molar-refractivity contribution in [3.8, 4) is 17.0 Å². The minimum atomic E-state index is -0.0870. The number of anilines is 1. The standard InChI is InChI=1S/C19H16BrN3O2S/c1-25-16-4-2-3-13(11-16)17-9-10-19(23-22-17)26-12-18(24)21-15-7-5-14(20)6-8-15/h2-11H,12H2,1H3,(H,21,24). The van der Waals surface area contributed by atoms with Gasteiger partial charge in [-0.2, -0.15) is 0 Å². The molecule has 1 heterocycles. The van der Waals surface area contributed by atoms with Gasteiger partial charge in [0.05, 0.1) is 18.6 Å². The minimum Gasteiger partial charge on any atom is -0.497 e. The molecule has 26 heavy (non-hydrogen) atoms. The second kappa shape index (κ2) is 8.82. The maximum absolute atomic E-state index is 12.0. The van der Waals surface area contributed by atoms with Crippen molar-refractivity contribution in [1.82, 2.24) is 10.2 Å². The lowest BCUT2D eigenvalue weighted by molar-refractivity contribution is -0.113. The van der Waals surface area contributed by atoms with Crippen LogP contribution in [-0.4, -0.2) is 29.0 Å². The van der Waals surface area contributed by atoms with E-state index in [0.717, 1.165) is 27.2 Å². The van der Waals surface area contributed by atoms with Gasteiger partial charge in [0, 0.05) is 15.7 Å². The third kappa shape index (κ3) is 5.06. The van der Waals surface area contributed by atoms with Gasteiger partial charge in [-0.1, -0.05) is 39.8 Å². The largest absolute Gasteiger partial charge is 0.497 e. The van der Waals surface area contributed by atoms with Crippen molar-refractivity contribution in [3.05, 3.63) is 65.1 Å². The van der Waals surface area contributed by atoms with Gasteiger partial charge in [0.1, 0.15) is 10.8 Å². The summed E-state index contributed by atoms with van der Waals surface area (Å²) >= 11 is 4.71. The molecule has 0 saturated carbocycles. The molecular weight excluding hydrogens is 414 g/mol. The number of methoxy groups -OCH3 is 1. The number of nitrogens with one attached hydrogen (secondary N) is 1. The van der Waals surface area contributed by atoms with Crippen molar-refractivity contribution < 1.29 is 9.53 Å². The molecule has 0 fully saturated rings. The van der Waals surface area contributed by atoms with E-state index in [0.29, 0.717) is 5.03 Å². The number of benzene rings is 2. The molecule has 0 saturated heterocycles. The fraction of sp³-hybridized carbons (Fsp3) is 0.105. The fourth-order valence-electron chi connectivity index (χ4n) is 2.20. The molecule has 0 unspecified atom stereocenters. The number of amides is 1. The van der Waals surface area contributed by atoms with Crippen molar-refractivity contribution in [2.24, 2.45) is 0 Å². The number of hydrogen-bond donors (Lipinski definition) is 1. The maximum Gasteiger partial charge on any atom is 0.234 e. The first kappa shape index (κ1) is 18.4. The average Bonchev–Trinajstić information content (AvgIpc) is 2.68. The van der Waals surface area contributed by atoms with E-state index >= 15 is 0 Å². The Morgan fingerprint density at radius 1 is 1.12 bits per heavy atom. The summed E-state index contributed by atoms with van der Waals surface area (Å²) in [7, 11) is 1.63. The lowest BCUT2D eigenvalue weighted by atomic mass is 10.1. The smallest absolute Gasteiger partial charge is 0.234 e. The number of ether oxygens (including phenoxy) is 1. The molecule has 1 amide bonds. The van der Waals surface area contributed by atoms with Crippen LogP contribution in [0.15, 0.2) is 70.2 Å². The molecule has 0 bridgehead atoms. The Balaban J connectivity index is 1.57. The maximum atomic E-state index is 12.0. The molecule has 1 N–H and O–H groups in total. The number of carbonyl (C=O) groups is 1. The predicted molar refractivity (Wildman–Crippen MR) is 108 cm³/mol. The Bertz CT molecular complexity index is 886. The van der Waals surface area contributed by atoms with Crippen LogP contribution >= 0.6 is 27.7 Å². The molecule has 7 heteroatoms. The number of halogens is 1. The SMILES string of the molecule is COc1cccc(-c2ccc(SCC(=O)Nc3ccc(Br)cc3)nn2)c1. The second-order valence-electron chi connectivity index (χ2n) is 5.33. The Hall–Kier alpha value is -2.38. The first-order chi connectivity index (χ1) is 12.6. The number of carbonyl (C=O) groups excluding carboxylic acids is 1. The topological polar surface area (TPSA) is 64.1 Å². The summed E-state index contributed by atoms with van der Waals surface area (Å²) in [5.74, 6) is 0.951. The zero-order chi connectivity index (χ0) is 18.4. The number of nitrogens with zero attached hydrogens (tertiary/aromatic N) is 2. The molecule has 0 spiro atoms. The van der Waals surface area contributed by atoms with E-state index in [9.17, 15) is 4.79 Å². The molecule has 0 aliphatic heterocycles. The third-order valence-corrected chi connectivity index (χ3v) is 4.93. The summed E-state index contributed by atoms with van der Waals surface area (Å²) in [6.45, 7) is 0. The molecule has 132 valence electrons. The van der Waals surface area contributed by atoms with E-state index in [1.807, 2.05) is 60.7 Å². The number of aromatic nitrogens is 2. The van der Waals surface area contributed by atoms with Crippen LogP contribution in [-0.2, 0) is 4.79 Å². The van der Waals surface area contributed by atoms with Gasteiger partial charge in [-0.05, 0) is 48.5 Å².